The third-order valence-corrected chi connectivity index (χ3v) is 4.59. The van der Waals surface area contributed by atoms with Gasteiger partial charge in [-0.1, -0.05) is 30.3 Å². The summed E-state index contributed by atoms with van der Waals surface area (Å²) in [7, 11) is 0. The summed E-state index contributed by atoms with van der Waals surface area (Å²) >= 11 is 0. The van der Waals surface area contributed by atoms with Gasteiger partial charge in [-0.15, -0.1) is 0 Å². The highest BCUT2D eigenvalue weighted by atomic mass is 16.5. The standard InChI is InChI=1S/C25H28N4O3/c1-18(2)29-25(31)28-16-19-5-9-22(10-6-19)24(30)27-15-20-7-11-23(12-8-20)32-17-21-4-3-13-26-14-21/h3-14,18H,15-17H2,1-2H3,(H,27,30)(H2,28,29,31). The SMILES string of the molecule is CC(C)NC(=O)NCc1ccc(C(=O)NCc2ccc(OCc3cccnc3)cc2)cc1. The van der Waals surface area contributed by atoms with Crippen LogP contribution in [-0.4, -0.2) is 23.0 Å². The molecule has 1 aromatic heterocycles. The highest BCUT2D eigenvalue weighted by molar-refractivity contribution is 5.94. The van der Waals surface area contributed by atoms with Gasteiger partial charge in [-0.3, -0.25) is 9.78 Å². The molecule has 0 saturated heterocycles. The Bertz CT molecular complexity index is 1000. The van der Waals surface area contributed by atoms with E-state index >= 15 is 0 Å². The number of rotatable bonds is 9. The lowest BCUT2D eigenvalue weighted by Gasteiger charge is -2.11. The van der Waals surface area contributed by atoms with Gasteiger partial charge in [0, 0.05) is 42.7 Å². The Kier molecular flexibility index (Phi) is 8.20. The Morgan fingerprint density at radius 1 is 0.875 bits per heavy atom. The van der Waals surface area contributed by atoms with E-state index in [9.17, 15) is 9.59 Å². The number of nitrogens with zero attached hydrogens (tertiary/aromatic N) is 1. The number of carbonyl (C=O) groups is 2. The molecule has 7 nitrogen and oxygen atoms in total. The van der Waals surface area contributed by atoms with Crippen LogP contribution >= 0.6 is 0 Å². The van der Waals surface area contributed by atoms with Crippen LogP contribution in [-0.2, 0) is 19.7 Å². The quantitative estimate of drug-likeness (QED) is 0.480. The van der Waals surface area contributed by atoms with Crippen molar-refractivity contribution < 1.29 is 14.3 Å². The third-order valence-electron chi connectivity index (χ3n) is 4.59. The minimum Gasteiger partial charge on any atom is -0.489 e. The lowest BCUT2D eigenvalue weighted by atomic mass is 10.1. The van der Waals surface area contributed by atoms with Crippen LogP contribution in [0.2, 0.25) is 0 Å². The number of hydrogen-bond donors (Lipinski definition) is 3. The maximum Gasteiger partial charge on any atom is 0.315 e. The van der Waals surface area contributed by atoms with Crippen molar-refractivity contribution in [3.05, 3.63) is 95.3 Å². The zero-order valence-electron chi connectivity index (χ0n) is 18.3. The van der Waals surface area contributed by atoms with Crippen molar-refractivity contribution in [1.82, 2.24) is 20.9 Å². The number of carbonyl (C=O) groups excluding carboxylic acids is 2. The zero-order chi connectivity index (χ0) is 22.8. The molecule has 0 aliphatic rings. The summed E-state index contributed by atoms with van der Waals surface area (Å²) in [6, 6.07) is 18.5. The molecule has 166 valence electrons. The van der Waals surface area contributed by atoms with E-state index in [4.69, 9.17) is 4.74 Å². The van der Waals surface area contributed by atoms with Crippen LogP contribution < -0.4 is 20.7 Å². The second kappa shape index (κ2) is 11.5. The summed E-state index contributed by atoms with van der Waals surface area (Å²) in [6.45, 7) is 5.08. The smallest absolute Gasteiger partial charge is 0.315 e. The van der Waals surface area contributed by atoms with Crippen LogP contribution in [0.15, 0.2) is 73.1 Å². The Balaban J connectivity index is 1.43. The summed E-state index contributed by atoms with van der Waals surface area (Å²) in [6.07, 6.45) is 3.50. The summed E-state index contributed by atoms with van der Waals surface area (Å²) in [5.74, 6) is 0.606. The maximum atomic E-state index is 12.4. The highest BCUT2D eigenvalue weighted by Crippen LogP contribution is 2.14. The van der Waals surface area contributed by atoms with Crippen molar-refractivity contribution in [2.75, 3.05) is 0 Å². The van der Waals surface area contributed by atoms with E-state index in [1.807, 2.05) is 62.4 Å². The van der Waals surface area contributed by atoms with Gasteiger partial charge in [0.15, 0.2) is 0 Å². The van der Waals surface area contributed by atoms with Crippen molar-refractivity contribution in [2.45, 2.75) is 39.6 Å². The topological polar surface area (TPSA) is 92.4 Å². The number of ether oxygens (including phenoxy) is 1. The Morgan fingerprint density at radius 2 is 1.53 bits per heavy atom. The lowest BCUT2D eigenvalue weighted by Crippen LogP contribution is -2.39. The largest absolute Gasteiger partial charge is 0.489 e. The van der Waals surface area contributed by atoms with Crippen molar-refractivity contribution in [2.24, 2.45) is 0 Å². The number of amides is 3. The van der Waals surface area contributed by atoms with Crippen molar-refractivity contribution >= 4 is 11.9 Å². The Hall–Kier alpha value is -3.87. The van der Waals surface area contributed by atoms with Crippen molar-refractivity contribution in [3.8, 4) is 5.75 Å². The normalized spacial score (nSPS) is 10.5. The van der Waals surface area contributed by atoms with Gasteiger partial charge in [0.25, 0.3) is 5.91 Å². The van der Waals surface area contributed by atoms with Gasteiger partial charge < -0.3 is 20.7 Å². The summed E-state index contributed by atoms with van der Waals surface area (Å²) in [5.41, 5.74) is 3.47. The van der Waals surface area contributed by atoms with Crippen molar-refractivity contribution in [3.63, 3.8) is 0 Å². The predicted molar refractivity (Wildman–Crippen MR) is 123 cm³/mol. The monoisotopic (exact) mass is 432 g/mol. The van der Waals surface area contributed by atoms with Crippen LogP contribution in [0.25, 0.3) is 0 Å². The number of hydrogen-bond acceptors (Lipinski definition) is 4. The summed E-state index contributed by atoms with van der Waals surface area (Å²) < 4.78 is 5.75. The third kappa shape index (κ3) is 7.43. The first kappa shape index (κ1) is 22.8. The first-order valence-electron chi connectivity index (χ1n) is 10.5. The highest BCUT2D eigenvalue weighted by Gasteiger charge is 2.07. The van der Waals surface area contributed by atoms with Crippen LogP contribution in [0.4, 0.5) is 4.79 Å². The molecule has 0 unspecified atom stereocenters. The number of urea groups is 1. The second-order valence-electron chi connectivity index (χ2n) is 7.66. The average Bonchev–Trinajstić information content (AvgIpc) is 2.81. The average molecular weight is 433 g/mol. The molecule has 32 heavy (non-hydrogen) atoms. The molecule has 7 heteroatoms. The number of benzene rings is 2. The summed E-state index contributed by atoms with van der Waals surface area (Å²) in [4.78, 5) is 28.1. The molecule has 0 spiro atoms. The predicted octanol–water partition coefficient (Wildman–Crippen LogP) is 3.80. The number of pyridine rings is 1. The maximum absolute atomic E-state index is 12.4. The fourth-order valence-electron chi connectivity index (χ4n) is 2.91. The molecule has 0 bridgehead atoms. The molecule has 0 aliphatic heterocycles. The molecule has 3 amide bonds. The molecule has 0 fully saturated rings. The molecule has 1 heterocycles. The second-order valence-corrected chi connectivity index (χ2v) is 7.66. The van der Waals surface area contributed by atoms with Gasteiger partial charge in [0.2, 0.25) is 0 Å². The molecule has 0 atom stereocenters. The van der Waals surface area contributed by atoms with Gasteiger partial charge in [-0.2, -0.15) is 0 Å². The van der Waals surface area contributed by atoms with E-state index in [1.54, 1.807) is 24.5 Å². The number of nitrogens with one attached hydrogen (secondary N) is 3. The summed E-state index contributed by atoms with van der Waals surface area (Å²) in [5, 5.41) is 8.47. The zero-order valence-corrected chi connectivity index (χ0v) is 18.3. The minimum absolute atomic E-state index is 0.0802. The van der Waals surface area contributed by atoms with E-state index in [0.717, 1.165) is 22.4 Å². The van der Waals surface area contributed by atoms with Gasteiger partial charge in [-0.05, 0) is 55.3 Å². The van der Waals surface area contributed by atoms with Gasteiger partial charge in [0.1, 0.15) is 12.4 Å². The van der Waals surface area contributed by atoms with E-state index in [2.05, 4.69) is 20.9 Å². The molecule has 3 rings (SSSR count). The van der Waals surface area contributed by atoms with Gasteiger partial charge in [0.05, 0.1) is 0 Å². The van der Waals surface area contributed by atoms with Crippen molar-refractivity contribution in [1.29, 1.82) is 0 Å². The van der Waals surface area contributed by atoms with Crippen LogP contribution in [0, 0.1) is 0 Å². The molecular weight excluding hydrogens is 404 g/mol. The van der Waals surface area contributed by atoms with E-state index in [-0.39, 0.29) is 18.0 Å². The fraction of sp³-hybridized carbons (Fsp3) is 0.240. The molecule has 2 aromatic carbocycles. The molecule has 0 aliphatic carbocycles. The van der Waals surface area contributed by atoms with Gasteiger partial charge >= 0.3 is 6.03 Å². The number of aromatic nitrogens is 1. The minimum atomic E-state index is -0.213. The first-order valence-corrected chi connectivity index (χ1v) is 10.5. The van der Waals surface area contributed by atoms with E-state index in [0.29, 0.717) is 25.3 Å². The molecule has 3 N–H and O–H groups in total. The molecule has 3 aromatic rings. The van der Waals surface area contributed by atoms with Crippen LogP contribution in [0.5, 0.6) is 5.75 Å². The Labute approximate surface area is 188 Å². The molecule has 0 radical (unpaired) electrons. The van der Waals surface area contributed by atoms with E-state index in [1.165, 1.54) is 0 Å². The fourth-order valence-corrected chi connectivity index (χ4v) is 2.91. The van der Waals surface area contributed by atoms with Gasteiger partial charge in [-0.25, -0.2) is 4.79 Å². The van der Waals surface area contributed by atoms with E-state index < -0.39 is 0 Å². The molecule has 0 saturated carbocycles. The van der Waals surface area contributed by atoms with Crippen LogP contribution in [0.3, 0.4) is 0 Å². The van der Waals surface area contributed by atoms with Crippen LogP contribution in [0.1, 0.15) is 40.9 Å². The first-order chi connectivity index (χ1) is 15.5. The lowest BCUT2D eigenvalue weighted by molar-refractivity contribution is 0.0951. The molecular formula is C25H28N4O3. The Morgan fingerprint density at radius 3 is 2.16 bits per heavy atom.